The van der Waals surface area contributed by atoms with Gasteiger partial charge in [0.2, 0.25) is 0 Å². The highest BCUT2D eigenvalue weighted by Gasteiger charge is 2.44. The Kier molecular flexibility index (Phi) is 37.5. The van der Waals surface area contributed by atoms with Crippen molar-refractivity contribution < 1.29 is 49.0 Å². The third-order valence-corrected chi connectivity index (χ3v) is 10.3. The molecule has 10 nitrogen and oxygen atoms in total. The number of carbonyl (C=O) groups excluding carboxylic acids is 2. The quantitative estimate of drug-likeness (QED) is 0.0268. The maximum atomic E-state index is 12.8. The van der Waals surface area contributed by atoms with Crippen LogP contribution in [0, 0.1) is 0 Å². The Morgan fingerprint density at radius 2 is 0.967 bits per heavy atom. The Morgan fingerprint density at radius 1 is 0.525 bits per heavy atom. The summed E-state index contributed by atoms with van der Waals surface area (Å²) in [5.41, 5.74) is 0. The van der Waals surface area contributed by atoms with E-state index in [1.54, 1.807) is 0 Å². The molecule has 0 aromatic heterocycles. The van der Waals surface area contributed by atoms with Gasteiger partial charge in [-0.1, -0.05) is 150 Å². The van der Waals surface area contributed by atoms with Crippen molar-refractivity contribution in [3.63, 3.8) is 0 Å². The van der Waals surface area contributed by atoms with E-state index in [4.69, 9.17) is 18.9 Å². The summed E-state index contributed by atoms with van der Waals surface area (Å²) in [5, 5.41) is 40.1. The van der Waals surface area contributed by atoms with Gasteiger partial charge in [0.15, 0.2) is 12.4 Å². The number of ether oxygens (including phenoxy) is 4. The number of esters is 2. The van der Waals surface area contributed by atoms with Crippen LogP contribution in [0.15, 0.2) is 85.1 Å². The third kappa shape index (κ3) is 32.3. The monoisotopic (exact) mass is 857 g/mol. The molecule has 1 rings (SSSR count). The van der Waals surface area contributed by atoms with E-state index >= 15 is 0 Å². The maximum Gasteiger partial charge on any atom is 0.306 e. The summed E-state index contributed by atoms with van der Waals surface area (Å²) < 4.78 is 22.2. The zero-order chi connectivity index (χ0) is 44.4. The van der Waals surface area contributed by atoms with Crippen LogP contribution in [0.25, 0.3) is 0 Å². The number of carbonyl (C=O) groups is 2. The van der Waals surface area contributed by atoms with Gasteiger partial charge in [0, 0.05) is 12.8 Å². The molecule has 0 amide bonds. The lowest BCUT2D eigenvalue weighted by Crippen LogP contribution is -2.59. The van der Waals surface area contributed by atoms with Gasteiger partial charge < -0.3 is 39.4 Å². The van der Waals surface area contributed by atoms with Crippen LogP contribution in [0.5, 0.6) is 0 Å². The van der Waals surface area contributed by atoms with Crippen molar-refractivity contribution >= 4 is 11.9 Å². The molecule has 1 aliphatic rings. The topological polar surface area (TPSA) is 152 Å². The van der Waals surface area contributed by atoms with E-state index in [-0.39, 0.29) is 26.1 Å². The average Bonchev–Trinajstić information content (AvgIpc) is 3.26. The van der Waals surface area contributed by atoms with Crippen LogP contribution in [0.3, 0.4) is 0 Å². The molecule has 10 heteroatoms. The van der Waals surface area contributed by atoms with Crippen molar-refractivity contribution in [3.05, 3.63) is 85.1 Å². The van der Waals surface area contributed by atoms with Gasteiger partial charge in [0.05, 0.1) is 13.2 Å². The summed E-state index contributed by atoms with van der Waals surface area (Å²) in [6.45, 7) is 3.23. The minimum absolute atomic E-state index is 0.184. The lowest BCUT2D eigenvalue weighted by molar-refractivity contribution is -0.305. The number of allylic oxidation sites excluding steroid dienone is 14. The smallest absolute Gasteiger partial charge is 0.306 e. The molecule has 1 heterocycles. The van der Waals surface area contributed by atoms with Gasteiger partial charge in [-0.25, -0.2) is 0 Å². The van der Waals surface area contributed by atoms with E-state index in [0.29, 0.717) is 12.8 Å². The highest BCUT2D eigenvalue weighted by atomic mass is 16.7. The van der Waals surface area contributed by atoms with Gasteiger partial charge in [-0.2, -0.15) is 0 Å². The molecule has 0 radical (unpaired) electrons. The molecule has 0 aliphatic carbocycles. The first-order chi connectivity index (χ1) is 29.8. The molecular formula is C51H84O10. The van der Waals surface area contributed by atoms with Crippen molar-refractivity contribution in [3.8, 4) is 0 Å². The van der Waals surface area contributed by atoms with Gasteiger partial charge in [-0.15, -0.1) is 0 Å². The fourth-order valence-electron chi connectivity index (χ4n) is 6.54. The Labute approximate surface area is 369 Å². The fraction of sp³-hybridized carbons (Fsp3) is 0.686. The molecule has 6 atom stereocenters. The van der Waals surface area contributed by atoms with Crippen molar-refractivity contribution in [1.29, 1.82) is 0 Å². The summed E-state index contributed by atoms with van der Waals surface area (Å²) in [5.74, 6) is -0.860. The predicted molar refractivity (Wildman–Crippen MR) is 247 cm³/mol. The normalized spacial score (nSPS) is 20.5. The Hall–Kier alpha value is -3.12. The number of rotatable bonds is 38. The minimum Gasteiger partial charge on any atom is -0.462 e. The summed E-state index contributed by atoms with van der Waals surface area (Å²) in [6, 6.07) is 0. The molecule has 0 aromatic rings. The van der Waals surface area contributed by atoms with Gasteiger partial charge in [0.25, 0.3) is 0 Å². The first kappa shape index (κ1) is 55.9. The van der Waals surface area contributed by atoms with Crippen LogP contribution in [-0.2, 0) is 28.5 Å². The summed E-state index contributed by atoms with van der Waals surface area (Å²) >= 11 is 0. The molecule has 0 bridgehead atoms. The van der Waals surface area contributed by atoms with Gasteiger partial charge >= 0.3 is 11.9 Å². The standard InChI is InChI=1S/C51H84O10/c1-3-5-7-9-11-13-15-17-19-21-22-24-26-28-30-32-34-36-38-40-47(54)60-44(43-59-51-50(57)49(56)48(55)45(41-52)61-51)42-58-46(53)39-37-35-33-31-29-27-25-23-20-18-16-14-12-10-8-6-4-2/h5,7,11-14,17-20,22,24,28,30,44-45,48-52,55-57H,3-4,6,8-10,15-16,21,23,25-27,29,31-43H2,1-2H3/b7-5+,13-11+,14-12+,19-17+,20-18+,24-22+,30-28+/t44-,45-,48+,49?,50?,51-/m1/s1. The van der Waals surface area contributed by atoms with Crippen LogP contribution >= 0.6 is 0 Å². The minimum atomic E-state index is -1.61. The lowest BCUT2D eigenvalue weighted by Gasteiger charge is -2.39. The van der Waals surface area contributed by atoms with Crippen LogP contribution in [0.2, 0.25) is 0 Å². The fourth-order valence-corrected chi connectivity index (χ4v) is 6.54. The van der Waals surface area contributed by atoms with Crippen molar-refractivity contribution in [2.24, 2.45) is 0 Å². The van der Waals surface area contributed by atoms with E-state index in [1.807, 2.05) is 0 Å². The number of aliphatic hydroxyl groups excluding tert-OH is 4. The van der Waals surface area contributed by atoms with E-state index in [0.717, 1.165) is 83.5 Å². The highest BCUT2D eigenvalue weighted by molar-refractivity contribution is 5.70. The van der Waals surface area contributed by atoms with Crippen molar-refractivity contribution in [2.45, 2.75) is 205 Å². The summed E-state index contributed by atoms with van der Waals surface area (Å²) in [6.07, 6.45) is 45.8. The molecule has 0 aromatic carbocycles. The largest absolute Gasteiger partial charge is 0.462 e. The summed E-state index contributed by atoms with van der Waals surface area (Å²) in [4.78, 5) is 25.4. The molecular weight excluding hydrogens is 773 g/mol. The number of hydrogen-bond donors (Lipinski definition) is 4. The average molecular weight is 857 g/mol. The molecule has 0 spiro atoms. The second-order valence-electron chi connectivity index (χ2n) is 15.8. The second kappa shape index (κ2) is 40.9. The Balaban J connectivity index is 2.35. The van der Waals surface area contributed by atoms with Crippen molar-refractivity contribution in [2.75, 3.05) is 19.8 Å². The van der Waals surface area contributed by atoms with Gasteiger partial charge in [-0.3, -0.25) is 9.59 Å². The molecule has 2 unspecified atom stereocenters. The first-order valence-corrected chi connectivity index (χ1v) is 23.7. The molecule has 1 aliphatic heterocycles. The highest BCUT2D eigenvalue weighted by Crippen LogP contribution is 2.22. The third-order valence-electron chi connectivity index (χ3n) is 10.3. The maximum absolute atomic E-state index is 12.8. The predicted octanol–water partition coefficient (Wildman–Crippen LogP) is 10.6. The molecule has 1 saturated heterocycles. The van der Waals surface area contributed by atoms with Gasteiger partial charge in [0.1, 0.15) is 31.0 Å². The van der Waals surface area contributed by atoms with Crippen molar-refractivity contribution in [1.82, 2.24) is 0 Å². The van der Waals surface area contributed by atoms with Crippen LogP contribution in [0.4, 0.5) is 0 Å². The zero-order valence-corrected chi connectivity index (χ0v) is 37.9. The molecule has 348 valence electrons. The summed E-state index contributed by atoms with van der Waals surface area (Å²) in [7, 11) is 0. The Morgan fingerprint density at radius 3 is 1.48 bits per heavy atom. The number of aliphatic hydroxyl groups is 4. The SMILES string of the molecule is CC/C=C/C/C=C/C/C=C/C/C=C/C/C=C/CCCCCC(=O)O[C@H](COC(=O)CCCCCCCCC/C=C/C/C=C/CCCCC)CO[C@@H]1O[C@H](CO)[C@H](O)C(O)C1O. The number of hydrogen-bond acceptors (Lipinski definition) is 10. The Bertz CT molecular complexity index is 1270. The van der Waals surface area contributed by atoms with E-state index < -0.39 is 55.4 Å². The van der Waals surface area contributed by atoms with Crippen LogP contribution in [0.1, 0.15) is 168 Å². The number of unbranched alkanes of at least 4 members (excludes halogenated alkanes) is 13. The molecule has 0 saturated carbocycles. The molecule has 61 heavy (non-hydrogen) atoms. The first-order valence-electron chi connectivity index (χ1n) is 23.7. The zero-order valence-electron chi connectivity index (χ0n) is 37.9. The second-order valence-corrected chi connectivity index (χ2v) is 15.8. The lowest BCUT2D eigenvalue weighted by atomic mass is 9.99. The van der Waals surface area contributed by atoms with E-state index in [1.165, 1.54) is 44.9 Å². The molecule has 1 fully saturated rings. The molecule has 4 N–H and O–H groups in total. The van der Waals surface area contributed by atoms with Crippen LogP contribution < -0.4 is 0 Å². The van der Waals surface area contributed by atoms with Crippen LogP contribution in [-0.4, -0.2) is 89.0 Å². The van der Waals surface area contributed by atoms with Gasteiger partial charge in [-0.05, 0) is 89.9 Å². The van der Waals surface area contributed by atoms with E-state index in [2.05, 4.69) is 98.9 Å². The van der Waals surface area contributed by atoms with E-state index in [9.17, 15) is 30.0 Å².